The number of nitrogens with one attached hydrogen (secondary N) is 1. The molecule has 0 bridgehead atoms. The molecule has 0 fully saturated rings. The quantitative estimate of drug-likeness (QED) is 0.901. The molecule has 3 N–H and O–H groups in total. The van der Waals surface area contributed by atoms with Gasteiger partial charge in [0.05, 0.1) is 10.7 Å². The molecule has 0 aliphatic carbocycles. The molecule has 0 spiro atoms. The van der Waals surface area contributed by atoms with Crippen LogP contribution in [-0.2, 0) is 6.42 Å². The Morgan fingerprint density at radius 1 is 1.39 bits per heavy atom. The highest BCUT2D eigenvalue weighted by Gasteiger charge is 2.07. The number of thiazole rings is 1. The van der Waals surface area contributed by atoms with Gasteiger partial charge in [0.2, 0.25) is 0 Å². The van der Waals surface area contributed by atoms with Gasteiger partial charge in [-0.25, -0.2) is 15.0 Å². The molecule has 0 amide bonds. The van der Waals surface area contributed by atoms with E-state index in [4.69, 9.17) is 17.3 Å². The normalized spacial score (nSPS) is 10.6. The van der Waals surface area contributed by atoms with Crippen molar-refractivity contribution in [2.75, 3.05) is 17.6 Å². The van der Waals surface area contributed by atoms with Crippen LogP contribution in [0.3, 0.4) is 0 Å². The van der Waals surface area contributed by atoms with Crippen molar-refractivity contribution in [1.82, 2.24) is 15.0 Å². The number of nitrogens with two attached hydrogens (primary N) is 1. The average Bonchev–Trinajstić information content (AvgIpc) is 2.63. The Balaban J connectivity index is 1.96. The number of hydrogen-bond donors (Lipinski definition) is 2. The lowest BCUT2D eigenvalue weighted by Gasteiger charge is -2.07. The molecule has 96 valence electrons. The van der Waals surface area contributed by atoms with Crippen LogP contribution in [0.5, 0.6) is 0 Å². The van der Waals surface area contributed by atoms with E-state index in [0.29, 0.717) is 16.7 Å². The van der Waals surface area contributed by atoms with Crippen molar-refractivity contribution in [3.63, 3.8) is 0 Å². The van der Waals surface area contributed by atoms with Crippen molar-refractivity contribution in [3.8, 4) is 0 Å². The van der Waals surface area contributed by atoms with Crippen molar-refractivity contribution in [2.45, 2.75) is 20.3 Å². The fourth-order valence-corrected chi connectivity index (χ4v) is 2.71. The zero-order valence-corrected chi connectivity index (χ0v) is 11.8. The minimum atomic E-state index is 0.291. The summed E-state index contributed by atoms with van der Waals surface area (Å²) < 4.78 is 0. The molecule has 2 aromatic heterocycles. The second kappa shape index (κ2) is 5.49. The predicted octanol–water partition coefficient (Wildman–Crippen LogP) is 2.44. The summed E-state index contributed by atoms with van der Waals surface area (Å²) in [5.74, 6) is 0.863. The minimum absolute atomic E-state index is 0.291. The fraction of sp³-hybridized carbons (Fsp3) is 0.364. The molecule has 0 saturated heterocycles. The van der Waals surface area contributed by atoms with E-state index in [1.54, 1.807) is 11.3 Å². The zero-order valence-electron chi connectivity index (χ0n) is 10.2. The number of nitrogen functional groups attached to an aromatic ring is 1. The molecule has 0 unspecified atom stereocenters. The molecule has 0 saturated carbocycles. The maximum absolute atomic E-state index is 5.99. The first-order valence-electron chi connectivity index (χ1n) is 5.50. The van der Waals surface area contributed by atoms with Crippen LogP contribution in [0.25, 0.3) is 0 Å². The third kappa shape index (κ3) is 2.88. The van der Waals surface area contributed by atoms with Crippen LogP contribution in [0.4, 0.5) is 11.6 Å². The lowest BCUT2D eigenvalue weighted by atomic mass is 10.3. The van der Waals surface area contributed by atoms with Crippen LogP contribution in [0.1, 0.15) is 15.6 Å². The van der Waals surface area contributed by atoms with Gasteiger partial charge in [-0.3, -0.25) is 0 Å². The van der Waals surface area contributed by atoms with E-state index in [9.17, 15) is 0 Å². The van der Waals surface area contributed by atoms with Crippen LogP contribution in [-0.4, -0.2) is 21.5 Å². The summed E-state index contributed by atoms with van der Waals surface area (Å²) in [7, 11) is 0. The Bertz CT molecular complexity index is 554. The SMILES string of the molecule is Cc1nc(C)c(CCNc2ncnc(N)c2Cl)s1. The number of hydrogen-bond acceptors (Lipinski definition) is 6. The Morgan fingerprint density at radius 2 is 2.17 bits per heavy atom. The number of rotatable bonds is 4. The van der Waals surface area contributed by atoms with Gasteiger partial charge in [-0.15, -0.1) is 11.3 Å². The molecule has 2 heterocycles. The Hall–Kier alpha value is -1.40. The van der Waals surface area contributed by atoms with Gasteiger partial charge in [-0.05, 0) is 13.8 Å². The molecule has 7 heteroatoms. The second-order valence-electron chi connectivity index (χ2n) is 3.84. The molecule has 0 aliphatic heterocycles. The highest BCUT2D eigenvalue weighted by molar-refractivity contribution is 7.11. The van der Waals surface area contributed by atoms with Crippen molar-refractivity contribution in [3.05, 3.63) is 26.9 Å². The lowest BCUT2D eigenvalue weighted by Crippen LogP contribution is -2.08. The van der Waals surface area contributed by atoms with Crippen LogP contribution in [0.15, 0.2) is 6.33 Å². The first-order chi connectivity index (χ1) is 8.58. The predicted molar refractivity (Wildman–Crippen MR) is 75.2 cm³/mol. The largest absolute Gasteiger partial charge is 0.382 e. The van der Waals surface area contributed by atoms with Gasteiger partial charge in [-0.1, -0.05) is 11.6 Å². The summed E-state index contributed by atoms with van der Waals surface area (Å²) >= 11 is 7.70. The number of nitrogens with zero attached hydrogens (tertiary/aromatic N) is 3. The third-order valence-electron chi connectivity index (χ3n) is 2.46. The second-order valence-corrected chi connectivity index (χ2v) is 5.51. The Kier molecular flexibility index (Phi) is 3.98. The smallest absolute Gasteiger partial charge is 0.150 e. The molecular formula is C11H14ClN5S. The van der Waals surface area contributed by atoms with E-state index in [0.717, 1.165) is 23.7 Å². The summed E-state index contributed by atoms with van der Waals surface area (Å²) in [5.41, 5.74) is 6.69. The van der Waals surface area contributed by atoms with Gasteiger partial charge in [-0.2, -0.15) is 0 Å². The summed E-state index contributed by atoms with van der Waals surface area (Å²) in [6.07, 6.45) is 2.28. The van der Waals surface area contributed by atoms with E-state index >= 15 is 0 Å². The fourth-order valence-electron chi connectivity index (χ4n) is 1.61. The van der Waals surface area contributed by atoms with Crippen molar-refractivity contribution in [1.29, 1.82) is 0 Å². The van der Waals surface area contributed by atoms with Crippen molar-refractivity contribution in [2.24, 2.45) is 0 Å². The Labute approximate surface area is 114 Å². The highest BCUT2D eigenvalue weighted by Crippen LogP contribution is 2.23. The first-order valence-corrected chi connectivity index (χ1v) is 6.70. The summed E-state index contributed by atoms with van der Waals surface area (Å²) in [6.45, 7) is 4.77. The molecular weight excluding hydrogens is 270 g/mol. The average molecular weight is 284 g/mol. The molecule has 2 aromatic rings. The van der Waals surface area contributed by atoms with Crippen molar-refractivity contribution >= 4 is 34.6 Å². The van der Waals surface area contributed by atoms with E-state index < -0.39 is 0 Å². The molecule has 0 radical (unpaired) electrons. The number of aryl methyl sites for hydroxylation is 2. The molecule has 18 heavy (non-hydrogen) atoms. The zero-order chi connectivity index (χ0) is 13.1. The van der Waals surface area contributed by atoms with Crippen LogP contribution >= 0.6 is 22.9 Å². The number of anilines is 2. The first kappa shape index (κ1) is 13.0. The molecule has 5 nitrogen and oxygen atoms in total. The lowest BCUT2D eigenvalue weighted by molar-refractivity contribution is 0.998. The van der Waals surface area contributed by atoms with E-state index in [1.165, 1.54) is 11.2 Å². The molecule has 0 aromatic carbocycles. The highest BCUT2D eigenvalue weighted by atomic mass is 35.5. The van der Waals surface area contributed by atoms with Crippen LogP contribution < -0.4 is 11.1 Å². The molecule has 0 atom stereocenters. The maximum Gasteiger partial charge on any atom is 0.150 e. The van der Waals surface area contributed by atoms with E-state index in [2.05, 4.69) is 20.3 Å². The maximum atomic E-state index is 5.99. The van der Waals surface area contributed by atoms with Gasteiger partial charge in [0.1, 0.15) is 23.0 Å². The van der Waals surface area contributed by atoms with Crippen molar-refractivity contribution < 1.29 is 0 Å². The van der Waals surface area contributed by atoms with E-state index in [1.807, 2.05) is 13.8 Å². The summed E-state index contributed by atoms with van der Waals surface area (Å²) in [5, 5.41) is 4.61. The monoisotopic (exact) mass is 283 g/mol. The summed E-state index contributed by atoms with van der Waals surface area (Å²) in [4.78, 5) is 13.5. The van der Waals surface area contributed by atoms with Crippen LogP contribution in [0, 0.1) is 13.8 Å². The Morgan fingerprint density at radius 3 is 2.83 bits per heavy atom. The van der Waals surface area contributed by atoms with Gasteiger partial charge in [0, 0.05) is 17.8 Å². The number of aromatic nitrogens is 3. The summed E-state index contributed by atoms with van der Waals surface area (Å²) in [6, 6.07) is 0. The number of halogens is 1. The molecule has 2 rings (SSSR count). The standard InChI is InChI=1S/C11H14ClN5S/c1-6-8(18-7(2)17-6)3-4-14-11-9(12)10(13)15-5-16-11/h5H,3-4H2,1-2H3,(H3,13,14,15,16). The van der Waals surface area contributed by atoms with Gasteiger partial charge in [0.15, 0.2) is 0 Å². The van der Waals surface area contributed by atoms with Gasteiger partial charge < -0.3 is 11.1 Å². The minimum Gasteiger partial charge on any atom is -0.382 e. The van der Waals surface area contributed by atoms with Gasteiger partial charge >= 0.3 is 0 Å². The van der Waals surface area contributed by atoms with E-state index in [-0.39, 0.29) is 0 Å². The molecule has 0 aliphatic rings. The van der Waals surface area contributed by atoms with Gasteiger partial charge in [0.25, 0.3) is 0 Å². The van der Waals surface area contributed by atoms with Crippen LogP contribution in [0.2, 0.25) is 5.02 Å². The third-order valence-corrected chi connectivity index (χ3v) is 3.97. The topological polar surface area (TPSA) is 76.7 Å².